The summed E-state index contributed by atoms with van der Waals surface area (Å²) < 4.78 is 0. The van der Waals surface area contributed by atoms with Gasteiger partial charge in [0.2, 0.25) is 0 Å². The molecule has 0 aliphatic heterocycles. The van der Waals surface area contributed by atoms with Crippen LogP contribution in [0.15, 0.2) is 0 Å². The van der Waals surface area contributed by atoms with Gasteiger partial charge < -0.3 is 15.3 Å². The van der Waals surface area contributed by atoms with Crippen molar-refractivity contribution in [2.75, 3.05) is 13.2 Å². The molecule has 0 heterocycles. The summed E-state index contributed by atoms with van der Waals surface area (Å²) in [4.78, 5) is 0. The Hall–Kier alpha value is -0.120. The Balaban J connectivity index is -0.000000151. The second-order valence-electron chi connectivity index (χ2n) is 8.99. The highest BCUT2D eigenvalue weighted by Gasteiger charge is 1.96. The molecule has 0 rings (SSSR count). The lowest BCUT2D eigenvalue weighted by atomic mass is 10.0. The molecule has 0 spiro atoms. The van der Waals surface area contributed by atoms with Gasteiger partial charge in [0.25, 0.3) is 0 Å². The van der Waals surface area contributed by atoms with E-state index in [9.17, 15) is 0 Å². The van der Waals surface area contributed by atoms with Crippen LogP contribution in [0.5, 0.6) is 0 Å². The maximum absolute atomic E-state index is 8.17. The monoisotopic (exact) mass is 434 g/mol. The molecule has 0 radical (unpaired) electrons. The first kappa shape index (κ1) is 37.2. The van der Waals surface area contributed by atoms with Crippen LogP contribution in [0.25, 0.3) is 0 Å². The molecule has 3 heteroatoms. The molecule has 30 heavy (non-hydrogen) atoms. The van der Waals surface area contributed by atoms with Crippen LogP contribution in [-0.4, -0.2) is 34.6 Å². The summed E-state index contributed by atoms with van der Waals surface area (Å²) in [5.74, 6) is 2.86. The molecular formula is C27H62O3. The molecule has 0 aromatic rings. The van der Waals surface area contributed by atoms with Crippen LogP contribution in [0.1, 0.15) is 139 Å². The van der Waals surface area contributed by atoms with Crippen molar-refractivity contribution < 1.29 is 15.3 Å². The Morgan fingerprint density at radius 2 is 0.733 bits per heavy atom. The van der Waals surface area contributed by atoms with Crippen LogP contribution >= 0.6 is 0 Å². The summed E-state index contributed by atoms with van der Waals surface area (Å²) >= 11 is 0. The minimum atomic E-state index is -0.954. The molecule has 3 nitrogen and oxygen atoms in total. The molecule has 0 aliphatic rings. The zero-order chi connectivity index (χ0) is 24.2. The van der Waals surface area contributed by atoms with Crippen LogP contribution in [0.3, 0.4) is 0 Å². The quantitative estimate of drug-likeness (QED) is 0.259. The van der Waals surface area contributed by atoms with Crippen molar-refractivity contribution in [2.24, 2.45) is 17.8 Å². The number of aliphatic hydroxyl groups excluding tert-OH is 3. The van der Waals surface area contributed by atoms with E-state index in [2.05, 4.69) is 62.3 Å². The average Bonchev–Trinajstić information content (AvgIpc) is 2.79. The van der Waals surface area contributed by atoms with Crippen LogP contribution in [0, 0.1) is 17.8 Å². The number of hydrogen-bond acceptors (Lipinski definition) is 3. The van der Waals surface area contributed by atoms with E-state index in [1.54, 1.807) is 0 Å². The van der Waals surface area contributed by atoms with Crippen LogP contribution < -0.4 is 0 Å². The molecule has 0 saturated carbocycles. The van der Waals surface area contributed by atoms with E-state index in [4.69, 9.17) is 15.3 Å². The molecule has 0 aliphatic carbocycles. The fraction of sp³-hybridized carbons (Fsp3) is 1.00. The van der Waals surface area contributed by atoms with Gasteiger partial charge in [0.05, 0.1) is 13.2 Å². The maximum atomic E-state index is 8.17. The predicted molar refractivity (Wildman–Crippen MR) is 137 cm³/mol. The van der Waals surface area contributed by atoms with E-state index in [0.717, 1.165) is 17.8 Å². The summed E-state index contributed by atoms with van der Waals surface area (Å²) in [5, 5.41) is 24.0. The summed E-state index contributed by atoms with van der Waals surface area (Å²) in [6.45, 7) is 19.8. The van der Waals surface area contributed by atoms with Crippen molar-refractivity contribution in [2.45, 2.75) is 145 Å². The number of rotatable bonds is 14. The highest BCUT2D eigenvalue weighted by atomic mass is 16.3. The number of unbranched alkanes of at least 4 members (excludes halogenated alkanes) is 3. The minimum Gasteiger partial charge on any atom is -0.394 e. The van der Waals surface area contributed by atoms with Gasteiger partial charge >= 0.3 is 0 Å². The van der Waals surface area contributed by atoms with Gasteiger partial charge in [-0.2, -0.15) is 0 Å². The predicted octanol–water partition coefficient (Wildman–Crippen LogP) is 8.00. The first-order valence-corrected chi connectivity index (χ1v) is 13.1. The van der Waals surface area contributed by atoms with Gasteiger partial charge in [-0.25, -0.2) is 0 Å². The normalized spacial score (nSPS) is 13.1. The maximum Gasteiger partial charge on any atom is 0.100 e. The fourth-order valence-electron chi connectivity index (χ4n) is 2.33. The topological polar surface area (TPSA) is 60.7 Å². The molecule has 0 fully saturated rings. The number of aliphatic hydroxyl groups is 3. The zero-order valence-corrected chi connectivity index (χ0v) is 22.6. The first-order valence-electron chi connectivity index (χ1n) is 13.1. The van der Waals surface area contributed by atoms with Gasteiger partial charge in [0.1, 0.15) is 6.10 Å². The Morgan fingerprint density at radius 1 is 0.500 bits per heavy atom. The molecular weight excluding hydrogens is 372 g/mol. The standard InChI is InChI=1S/3C8H18.C3H8O3/c3*1-4-6-7-8(3)5-2;4-1-3(6)2-5/h3*8H,4-7H2,1-3H3;3-6H,1-2H2. The molecule has 0 bridgehead atoms. The van der Waals surface area contributed by atoms with Crippen molar-refractivity contribution in [3.8, 4) is 0 Å². The summed E-state index contributed by atoms with van der Waals surface area (Å²) in [6, 6.07) is 0. The number of hydrogen-bond donors (Lipinski definition) is 3. The first-order chi connectivity index (χ1) is 14.2. The largest absolute Gasteiger partial charge is 0.394 e. The molecule has 188 valence electrons. The van der Waals surface area contributed by atoms with E-state index < -0.39 is 6.10 Å². The Bertz CT molecular complexity index is 221. The lowest BCUT2D eigenvalue weighted by molar-refractivity contribution is 0.0450. The van der Waals surface area contributed by atoms with Crippen molar-refractivity contribution in [1.29, 1.82) is 0 Å². The van der Waals surface area contributed by atoms with Gasteiger partial charge in [-0.15, -0.1) is 0 Å². The van der Waals surface area contributed by atoms with Gasteiger partial charge in [0, 0.05) is 0 Å². The van der Waals surface area contributed by atoms with Gasteiger partial charge in [0.15, 0.2) is 0 Å². The summed E-state index contributed by atoms with van der Waals surface area (Å²) in [5.41, 5.74) is 0. The second-order valence-corrected chi connectivity index (χ2v) is 8.99. The zero-order valence-electron chi connectivity index (χ0n) is 22.6. The average molecular weight is 435 g/mol. The summed E-state index contributed by atoms with van der Waals surface area (Å²) in [6.07, 6.45) is 15.6. The molecule has 0 amide bonds. The third-order valence-electron chi connectivity index (χ3n) is 5.66. The van der Waals surface area contributed by atoms with Crippen molar-refractivity contribution >= 4 is 0 Å². The van der Waals surface area contributed by atoms with Crippen molar-refractivity contribution in [3.63, 3.8) is 0 Å². The Morgan fingerprint density at radius 3 is 0.833 bits per heavy atom. The molecule has 3 N–H and O–H groups in total. The minimum absolute atomic E-state index is 0.365. The van der Waals surface area contributed by atoms with Gasteiger partial charge in [-0.3, -0.25) is 0 Å². The Kier molecular flexibility index (Phi) is 41.6. The van der Waals surface area contributed by atoms with E-state index >= 15 is 0 Å². The SMILES string of the molecule is CCCCC(C)CC.CCCCC(C)CC.CCCCC(C)CC.OCC(O)CO. The van der Waals surface area contributed by atoms with Gasteiger partial charge in [-0.1, -0.05) is 139 Å². The van der Waals surface area contributed by atoms with E-state index in [-0.39, 0.29) is 13.2 Å². The lowest BCUT2D eigenvalue weighted by Gasteiger charge is -2.04. The lowest BCUT2D eigenvalue weighted by Crippen LogP contribution is -2.15. The van der Waals surface area contributed by atoms with Crippen LogP contribution in [-0.2, 0) is 0 Å². The van der Waals surface area contributed by atoms with E-state index in [1.807, 2.05) is 0 Å². The van der Waals surface area contributed by atoms with Crippen LogP contribution in [0.2, 0.25) is 0 Å². The van der Waals surface area contributed by atoms with Gasteiger partial charge in [-0.05, 0) is 17.8 Å². The smallest absolute Gasteiger partial charge is 0.100 e. The third-order valence-corrected chi connectivity index (χ3v) is 5.66. The van der Waals surface area contributed by atoms with Crippen molar-refractivity contribution in [3.05, 3.63) is 0 Å². The van der Waals surface area contributed by atoms with E-state index in [0.29, 0.717) is 0 Å². The molecule has 0 saturated heterocycles. The molecule has 3 atom stereocenters. The summed E-state index contributed by atoms with van der Waals surface area (Å²) in [7, 11) is 0. The van der Waals surface area contributed by atoms with E-state index in [1.165, 1.54) is 77.0 Å². The molecule has 0 aromatic heterocycles. The Labute approximate surface area is 192 Å². The van der Waals surface area contributed by atoms with Crippen LogP contribution in [0.4, 0.5) is 0 Å². The second kappa shape index (κ2) is 33.5. The highest BCUT2D eigenvalue weighted by Crippen LogP contribution is 2.11. The molecule has 0 aromatic carbocycles. The molecule has 3 unspecified atom stereocenters. The van der Waals surface area contributed by atoms with Crippen molar-refractivity contribution in [1.82, 2.24) is 0 Å². The third kappa shape index (κ3) is 42.1. The highest BCUT2D eigenvalue weighted by molar-refractivity contribution is 4.49. The fourth-order valence-corrected chi connectivity index (χ4v) is 2.33.